The predicted molar refractivity (Wildman–Crippen MR) is 111 cm³/mol. The van der Waals surface area contributed by atoms with Crippen LogP contribution in [-0.4, -0.2) is 10.9 Å². The van der Waals surface area contributed by atoms with E-state index in [-0.39, 0.29) is 12.3 Å². The van der Waals surface area contributed by atoms with Gasteiger partial charge in [-0.05, 0) is 48.2 Å². The summed E-state index contributed by atoms with van der Waals surface area (Å²) in [6.07, 6.45) is 3.07. The monoisotopic (exact) mass is 403 g/mol. The maximum absolute atomic E-state index is 12.3. The van der Waals surface area contributed by atoms with Crippen LogP contribution in [0.25, 0.3) is 10.6 Å². The molecule has 7 heteroatoms. The molecule has 0 bridgehead atoms. The number of nitrogens with zero attached hydrogens (tertiary/aromatic N) is 1. The highest BCUT2D eigenvalue weighted by Gasteiger charge is 2.12. The third-order valence-corrected chi connectivity index (χ3v) is 5.97. The van der Waals surface area contributed by atoms with Gasteiger partial charge in [-0.2, -0.15) is 0 Å². The predicted octanol–water partition coefficient (Wildman–Crippen LogP) is 5.17. The molecule has 0 saturated heterocycles. The van der Waals surface area contributed by atoms with E-state index in [0.29, 0.717) is 10.7 Å². The van der Waals surface area contributed by atoms with Gasteiger partial charge < -0.3 is 5.32 Å². The molecule has 3 aromatic rings. The van der Waals surface area contributed by atoms with Crippen molar-refractivity contribution in [3.05, 3.63) is 64.1 Å². The summed E-state index contributed by atoms with van der Waals surface area (Å²) in [7, 11) is 0. The number of aromatic nitrogens is 1. The number of nitrogens with two attached hydrogens (primary N) is 1. The molecular weight excluding hydrogens is 386 g/mol. The lowest BCUT2D eigenvalue weighted by molar-refractivity contribution is -0.115. The van der Waals surface area contributed by atoms with Gasteiger partial charge in [0.15, 0.2) is 0 Å². The third-order valence-electron chi connectivity index (χ3n) is 3.83. The minimum absolute atomic E-state index is 0.124. The lowest BCUT2D eigenvalue weighted by Crippen LogP contribution is -2.14. The average molecular weight is 404 g/mol. The molecule has 3 N–H and O–H groups in total. The van der Waals surface area contributed by atoms with E-state index in [1.54, 1.807) is 17.4 Å². The number of carbonyl (C=O) groups excluding carboxylic acids is 1. The molecule has 1 aromatic heterocycles. The molecule has 4 nitrogen and oxygen atoms in total. The number of hydrogen-bond donors (Lipinski definition) is 2. The molecule has 3 rings (SSSR count). The number of aryl methyl sites for hydroxylation is 1. The second-order valence-electron chi connectivity index (χ2n) is 5.63. The van der Waals surface area contributed by atoms with Crippen molar-refractivity contribution in [3.8, 4) is 10.6 Å². The van der Waals surface area contributed by atoms with Gasteiger partial charge >= 0.3 is 0 Å². The molecule has 0 radical (unpaired) electrons. The Morgan fingerprint density at radius 3 is 2.81 bits per heavy atom. The molecule has 0 unspecified atom stereocenters. The van der Waals surface area contributed by atoms with Crippen LogP contribution >= 0.6 is 34.9 Å². The second kappa shape index (κ2) is 8.68. The first kappa shape index (κ1) is 18.9. The number of rotatable bonds is 6. The molecule has 0 atom stereocenters. The van der Waals surface area contributed by atoms with E-state index in [9.17, 15) is 4.79 Å². The zero-order valence-electron chi connectivity index (χ0n) is 14.2. The van der Waals surface area contributed by atoms with Gasteiger partial charge in [0.1, 0.15) is 5.01 Å². The maximum Gasteiger partial charge on any atom is 0.228 e. The van der Waals surface area contributed by atoms with Crippen LogP contribution in [0.3, 0.4) is 0 Å². The molecular formula is C19H18ClN3OS2. The molecule has 1 heterocycles. The Morgan fingerprint density at radius 1 is 1.31 bits per heavy atom. The van der Waals surface area contributed by atoms with Crippen LogP contribution in [0.15, 0.2) is 53.6 Å². The van der Waals surface area contributed by atoms with Gasteiger partial charge in [-0.15, -0.1) is 11.3 Å². The lowest BCUT2D eigenvalue weighted by Gasteiger charge is -2.10. The summed E-state index contributed by atoms with van der Waals surface area (Å²) >= 11 is 8.92. The van der Waals surface area contributed by atoms with Crippen molar-refractivity contribution in [1.29, 1.82) is 0 Å². The van der Waals surface area contributed by atoms with Crippen LogP contribution in [0.2, 0.25) is 5.02 Å². The number of nitrogens with one attached hydrogen (secondary N) is 1. The fourth-order valence-corrected chi connectivity index (χ4v) is 4.13. The summed E-state index contributed by atoms with van der Waals surface area (Å²) in [5, 5.41) is 10.3. The van der Waals surface area contributed by atoms with Crippen molar-refractivity contribution < 1.29 is 4.79 Å². The van der Waals surface area contributed by atoms with Gasteiger partial charge in [-0.1, -0.05) is 36.7 Å². The Labute approximate surface area is 165 Å². The molecule has 0 aliphatic rings. The first-order valence-electron chi connectivity index (χ1n) is 8.09. The van der Waals surface area contributed by atoms with Gasteiger partial charge in [0.05, 0.1) is 6.42 Å². The molecule has 26 heavy (non-hydrogen) atoms. The van der Waals surface area contributed by atoms with Crippen molar-refractivity contribution in [2.45, 2.75) is 24.7 Å². The maximum atomic E-state index is 12.3. The number of hydrogen-bond acceptors (Lipinski definition) is 5. The zero-order valence-corrected chi connectivity index (χ0v) is 16.5. The SMILES string of the molecule is CCc1cnc(-c2ccc(NC(=O)Cc3ccccc3Cl)cc2SN)s1. The van der Waals surface area contributed by atoms with Crippen LogP contribution in [0.1, 0.15) is 17.4 Å². The van der Waals surface area contributed by atoms with Gasteiger partial charge in [-0.25, -0.2) is 4.98 Å². The molecule has 0 aliphatic carbocycles. The zero-order chi connectivity index (χ0) is 18.5. The number of thiazole rings is 1. The van der Waals surface area contributed by atoms with Crippen LogP contribution in [0, 0.1) is 0 Å². The minimum Gasteiger partial charge on any atom is -0.326 e. The number of anilines is 1. The standard InChI is InChI=1S/C19H18ClN3OS2/c1-2-14-11-22-19(25-14)15-8-7-13(10-17(15)26-21)23-18(24)9-12-5-3-4-6-16(12)20/h3-8,10-11H,2,9,21H2,1H3,(H,23,24). The van der Waals surface area contributed by atoms with E-state index in [1.807, 2.05) is 42.6 Å². The molecule has 0 saturated carbocycles. The molecule has 1 amide bonds. The Morgan fingerprint density at radius 2 is 2.12 bits per heavy atom. The molecule has 2 aromatic carbocycles. The van der Waals surface area contributed by atoms with Gasteiger partial charge in [0.25, 0.3) is 0 Å². The first-order chi connectivity index (χ1) is 12.6. The van der Waals surface area contributed by atoms with Crippen LogP contribution in [0.4, 0.5) is 5.69 Å². The molecule has 134 valence electrons. The van der Waals surface area contributed by atoms with Gasteiger partial charge in [0, 0.05) is 32.2 Å². The van der Waals surface area contributed by atoms with E-state index in [2.05, 4.69) is 17.2 Å². The third kappa shape index (κ3) is 4.45. The smallest absolute Gasteiger partial charge is 0.228 e. The lowest BCUT2D eigenvalue weighted by atomic mass is 10.1. The molecule has 0 aliphatic heterocycles. The summed E-state index contributed by atoms with van der Waals surface area (Å²) in [6.45, 7) is 2.10. The highest BCUT2D eigenvalue weighted by Crippen LogP contribution is 2.34. The van der Waals surface area contributed by atoms with Crippen molar-refractivity contribution in [2.24, 2.45) is 5.14 Å². The first-order valence-corrected chi connectivity index (χ1v) is 10.2. The van der Waals surface area contributed by atoms with Gasteiger partial charge in [0.2, 0.25) is 5.91 Å². The summed E-state index contributed by atoms with van der Waals surface area (Å²) in [5.41, 5.74) is 2.48. The average Bonchev–Trinajstić information content (AvgIpc) is 3.12. The van der Waals surface area contributed by atoms with Crippen LogP contribution < -0.4 is 10.5 Å². The van der Waals surface area contributed by atoms with E-state index < -0.39 is 0 Å². The second-order valence-corrected chi connectivity index (χ2v) is 7.83. The summed E-state index contributed by atoms with van der Waals surface area (Å²) in [5.74, 6) is -0.124. The summed E-state index contributed by atoms with van der Waals surface area (Å²) in [4.78, 5) is 18.9. The van der Waals surface area contributed by atoms with Crippen molar-refractivity contribution in [3.63, 3.8) is 0 Å². The fraction of sp³-hybridized carbons (Fsp3) is 0.158. The summed E-state index contributed by atoms with van der Waals surface area (Å²) < 4.78 is 0. The number of halogens is 1. The van der Waals surface area contributed by atoms with Crippen molar-refractivity contribution >= 4 is 46.5 Å². The topological polar surface area (TPSA) is 68.0 Å². The molecule has 0 spiro atoms. The highest BCUT2D eigenvalue weighted by molar-refractivity contribution is 7.97. The van der Waals surface area contributed by atoms with E-state index in [1.165, 1.54) is 4.88 Å². The Bertz CT molecular complexity index is 927. The molecule has 0 fully saturated rings. The minimum atomic E-state index is -0.124. The van der Waals surface area contributed by atoms with E-state index in [4.69, 9.17) is 16.7 Å². The quantitative estimate of drug-likeness (QED) is 0.557. The fourth-order valence-electron chi connectivity index (χ4n) is 2.49. The Hall–Kier alpha value is -1.86. The van der Waals surface area contributed by atoms with Crippen molar-refractivity contribution in [1.82, 2.24) is 4.98 Å². The number of benzene rings is 2. The van der Waals surface area contributed by atoms with E-state index >= 15 is 0 Å². The van der Waals surface area contributed by atoms with Crippen LogP contribution in [-0.2, 0) is 17.6 Å². The summed E-state index contributed by atoms with van der Waals surface area (Å²) in [6, 6.07) is 13.0. The number of amides is 1. The Kier molecular flexibility index (Phi) is 6.32. The Balaban J connectivity index is 1.76. The number of carbonyl (C=O) groups is 1. The van der Waals surface area contributed by atoms with Gasteiger partial charge in [-0.3, -0.25) is 9.93 Å². The van der Waals surface area contributed by atoms with E-state index in [0.717, 1.165) is 39.4 Å². The van der Waals surface area contributed by atoms with Crippen LogP contribution in [0.5, 0.6) is 0 Å². The normalized spacial score (nSPS) is 10.7. The largest absolute Gasteiger partial charge is 0.326 e. The highest BCUT2D eigenvalue weighted by atomic mass is 35.5. The van der Waals surface area contributed by atoms with Crippen molar-refractivity contribution in [2.75, 3.05) is 5.32 Å².